The summed E-state index contributed by atoms with van der Waals surface area (Å²) in [5.41, 5.74) is 5.01. The number of hydrogen-bond acceptors (Lipinski definition) is 4. The fourth-order valence-corrected chi connectivity index (χ4v) is 4.42. The Balaban J connectivity index is 0.000000548. The van der Waals surface area contributed by atoms with Crippen LogP contribution in [0.15, 0.2) is 110 Å². The first-order valence-corrected chi connectivity index (χ1v) is 21.3. The summed E-state index contributed by atoms with van der Waals surface area (Å²) >= 11 is 0. The van der Waals surface area contributed by atoms with Gasteiger partial charge in [-0.15, -0.1) is 13.1 Å². The van der Waals surface area contributed by atoms with Gasteiger partial charge in [0, 0.05) is 64.4 Å². The molecule has 0 saturated carbocycles. The summed E-state index contributed by atoms with van der Waals surface area (Å²) in [7, 11) is 5.61. The van der Waals surface area contributed by atoms with Gasteiger partial charge in [0.25, 0.3) is 0 Å². The topological polar surface area (TPSA) is 60.5 Å². The Morgan fingerprint density at radius 3 is 0.977 bits per heavy atom. The van der Waals surface area contributed by atoms with Gasteiger partial charge in [0.2, 0.25) is 0 Å². The van der Waals surface area contributed by atoms with Crippen molar-refractivity contribution in [3.8, 4) is 0 Å². The number of nitrogens with zero attached hydrogens (tertiary/aromatic N) is 6. The molecule has 0 spiro atoms. The third kappa shape index (κ3) is 22.6. The molecule has 0 unspecified atom stereocenters. The molecule has 0 saturated heterocycles. The zero-order valence-corrected chi connectivity index (χ0v) is 31.6. The SMILES string of the molecule is CN(C)c1ccncc1.CN(C)c1ccncc1.C[Si](C)(C)[N-]Cc1ccccc1.C[Si](C)(C)[N-]Cc1ccccc1.[Mg+2]. The number of rotatable bonds is 8. The molecule has 4 rings (SSSR count). The molecule has 0 N–H and O–H groups in total. The van der Waals surface area contributed by atoms with Gasteiger partial charge in [0.15, 0.2) is 0 Å². The maximum Gasteiger partial charge on any atom is 2.00 e. The van der Waals surface area contributed by atoms with Gasteiger partial charge >= 0.3 is 23.1 Å². The van der Waals surface area contributed by atoms with Crippen LogP contribution in [0.3, 0.4) is 0 Å². The summed E-state index contributed by atoms with van der Waals surface area (Å²) in [5.74, 6) is 0. The number of aromatic nitrogens is 2. The fraction of sp³-hybridized carbons (Fsp3) is 0.353. The molecule has 0 atom stereocenters. The van der Waals surface area contributed by atoms with Crippen LogP contribution in [0, 0.1) is 0 Å². The smallest absolute Gasteiger partial charge is 0.661 e. The van der Waals surface area contributed by atoms with Crippen molar-refractivity contribution in [1.29, 1.82) is 0 Å². The van der Waals surface area contributed by atoms with Gasteiger partial charge in [0.05, 0.1) is 0 Å². The molecular formula is C34H52MgN6Si2. The Kier molecular flexibility index (Phi) is 20.7. The van der Waals surface area contributed by atoms with Crippen LogP contribution in [-0.4, -0.2) is 77.7 Å². The van der Waals surface area contributed by atoms with Crippen molar-refractivity contribution in [1.82, 2.24) is 9.97 Å². The molecule has 0 bridgehead atoms. The van der Waals surface area contributed by atoms with E-state index in [0.717, 1.165) is 13.1 Å². The summed E-state index contributed by atoms with van der Waals surface area (Å²) < 4.78 is 0. The maximum atomic E-state index is 4.67. The van der Waals surface area contributed by atoms with Crippen molar-refractivity contribution in [3.63, 3.8) is 0 Å². The predicted octanol–water partition coefficient (Wildman–Crippen LogP) is 8.70. The molecule has 6 nitrogen and oxygen atoms in total. The quantitative estimate of drug-likeness (QED) is 0.184. The summed E-state index contributed by atoms with van der Waals surface area (Å²) in [6, 6.07) is 28.7. The van der Waals surface area contributed by atoms with Crippen LogP contribution in [0.25, 0.3) is 9.96 Å². The van der Waals surface area contributed by atoms with Crippen LogP contribution in [0.4, 0.5) is 11.4 Å². The first kappa shape index (κ1) is 40.5. The van der Waals surface area contributed by atoms with Gasteiger partial charge in [0.1, 0.15) is 0 Å². The Morgan fingerprint density at radius 1 is 0.488 bits per heavy atom. The van der Waals surface area contributed by atoms with E-state index in [1.54, 1.807) is 24.8 Å². The second-order valence-corrected chi connectivity index (χ2v) is 21.5. The van der Waals surface area contributed by atoms with Gasteiger partial charge in [-0.05, 0) is 24.3 Å². The molecule has 0 aliphatic carbocycles. The minimum absolute atomic E-state index is 0. The summed E-state index contributed by atoms with van der Waals surface area (Å²) in [4.78, 5) is 21.2. The van der Waals surface area contributed by atoms with Gasteiger partial charge in [-0.2, -0.15) is 0 Å². The van der Waals surface area contributed by atoms with Crippen LogP contribution in [0.1, 0.15) is 11.1 Å². The number of pyridine rings is 2. The van der Waals surface area contributed by atoms with E-state index >= 15 is 0 Å². The molecule has 0 fully saturated rings. The maximum absolute atomic E-state index is 4.67. The van der Waals surface area contributed by atoms with Gasteiger partial charge in [-0.1, -0.05) is 128 Å². The Hall–Kier alpha value is -2.54. The molecule has 0 aliphatic rings. The molecule has 0 radical (unpaired) electrons. The van der Waals surface area contributed by atoms with E-state index in [2.05, 4.69) is 108 Å². The molecule has 9 heteroatoms. The minimum atomic E-state index is -1.22. The molecule has 2 aromatic carbocycles. The first-order valence-electron chi connectivity index (χ1n) is 14.4. The molecule has 2 aromatic heterocycles. The molecule has 2 heterocycles. The van der Waals surface area contributed by atoms with Gasteiger partial charge < -0.3 is 19.8 Å². The van der Waals surface area contributed by atoms with Gasteiger partial charge in [-0.25, -0.2) is 0 Å². The average molecular weight is 625 g/mol. The van der Waals surface area contributed by atoms with Crippen molar-refractivity contribution in [2.45, 2.75) is 52.4 Å². The van der Waals surface area contributed by atoms with E-state index in [9.17, 15) is 0 Å². The second kappa shape index (κ2) is 22.0. The van der Waals surface area contributed by atoms with E-state index in [1.165, 1.54) is 22.5 Å². The summed E-state index contributed by atoms with van der Waals surface area (Å²) in [5, 5.41) is 0. The number of hydrogen-bond donors (Lipinski definition) is 0. The van der Waals surface area contributed by atoms with Crippen LogP contribution in [-0.2, 0) is 13.1 Å². The third-order valence-corrected chi connectivity index (χ3v) is 7.73. The standard InChI is InChI=1S/2C10H16NSi.2C7H10N2.Mg/c2*1-12(2,3)11-9-10-7-5-4-6-8-10;2*1-9(2)7-3-5-8-6-4-7;/h2*4-8H,9H2,1-3H3;2*3-6H,1-2H3;/q2*-1;;;+2. The zero-order valence-electron chi connectivity index (χ0n) is 28.2. The average Bonchev–Trinajstić information content (AvgIpc) is 2.97. The Bertz CT molecular complexity index is 1090. The monoisotopic (exact) mass is 624 g/mol. The number of anilines is 2. The van der Waals surface area contributed by atoms with E-state index in [1.807, 2.05) is 74.4 Å². The van der Waals surface area contributed by atoms with Gasteiger partial charge in [-0.3, -0.25) is 9.97 Å². The van der Waals surface area contributed by atoms with Crippen molar-refractivity contribution in [2.75, 3.05) is 38.0 Å². The third-order valence-electron chi connectivity index (χ3n) is 5.52. The van der Waals surface area contributed by atoms with Crippen LogP contribution >= 0.6 is 0 Å². The molecular weight excluding hydrogens is 573 g/mol. The van der Waals surface area contributed by atoms with E-state index in [-0.39, 0.29) is 23.1 Å². The second-order valence-electron chi connectivity index (χ2n) is 12.1. The molecule has 0 aliphatic heterocycles. The van der Waals surface area contributed by atoms with Crippen LogP contribution in [0.5, 0.6) is 0 Å². The minimum Gasteiger partial charge on any atom is -0.661 e. The summed E-state index contributed by atoms with van der Waals surface area (Å²) in [6.07, 6.45) is 7.15. The molecule has 4 aromatic rings. The first-order chi connectivity index (χ1) is 19.8. The van der Waals surface area contributed by atoms with Crippen molar-refractivity contribution >= 4 is 50.9 Å². The Morgan fingerprint density at radius 2 is 0.767 bits per heavy atom. The summed E-state index contributed by atoms with van der Waals surface area (Å²) in [6.45, 7) is 15.3. The molecule has 0 amide bonds. The van der Waals surface area contributed by atoms with Crippen molar-refractivity contribution in [2.24, 2.45) is 0 Å². The van der Waals surface area contributed by atoms with Crippen molar-refractivity contribution in [3.05, 3.63) is 131 Å². The normalized spacial score (nSPS) is 10.3. The van der Waals surface area contributed by atoms with Crippen LogP contribution < -0.4 is 9.80 Å². The largest absolute Gasteiger partial charge is 2.00 e. The van der Waals surface area contributed by atoms with Crippen molar-refractivity contribution < 1.29 is 0 Å². The Labute approximate surface area is 280 Å². The molecule has 228 valence electrons. The van der Waals surface area contributed by atoms with E-state index in [4.69, 9.17) is 0 Å². The number of benzene rings is 2. The zero-order chi connectivity index (χ0) is 31.4. The fourth-order valence-electron chi connectivity index (χ4n) is 3.11. The van der Waals surface area contributed by atoms with E-state index in [0.29, 0.717) is 0 Å². The predicted molar refractivity (Wildman–Crippen MR) is 197 cm³/mol. The molecule has 43 heavy (non-hydrogen) atoms. The van der Waals surface area contributed by atoms with Crippen LogP contribution in [0.2, 0.25) is 39.3 Å². The van der Waals surface area contributed by atoms with E-state index < -0.39 is 16.5 Å².